The number of nitrogens with one attached hydrogen (secondary N) is 2. The molecule has 3 heterocycles. The molecule has 0 radical (unpaired) electrons. The summed E-state index contributed by atoms with van der Waals surface area (Å²) in [6, 6.07) is 6.03. The second-order valence-electron chi connectivity index (χ2n) is 6.00. The molecule has 4 rings (SSSR count). The first-order valence-electron chi connectivity index (χ1n) is 8.39. The zero-order valence-electron chi connectivity index (χ0n) is 14.1. The third kappa shape index (κ3) is 3.12. The average Bonchev–Trinajstić information content (AvgIpc) is 3.07. The molecular formula is C17H21N5O3. The van der Waals surface area contributed by atoms with E-state index in [0.29, 0.717) is 24.7 Å². The summed E-state index contributed by atoms with van der Waals surface area (Å²) in [4.78, 5) is 18.6. The van der Waals surface area contributed by atoms with Crippen LogP contribution < -0.4 is 20.3 Å². The highest BCUT2D eigenvalue weighted by atomic mass is 16.5. The zero-order chi connectivity index (χ0) is 17.2. The molecule has 2 aliphatic rings. The molecule has 0 saturated carbocycles. The van der Waals surface area contributed by atoms with Crippen molar-refractivity contribution in [3.05, 3.63) is 24.4 Å². The summed E-state index contributed by atoms with van der Waals surface area (Å²) >= 11 is 0. The molecule has 1 fully saturated rings. The smallest absolute Gasteiger partial charge is 0.235 e. The van der Waals surface area contributed by atoms with Gasteiger partial charge in [0.2, 0.25) is 11.9 Å². The maximum Gasteiger partial charge on any atom is 0.235 e. The predicted octanol–water partition coefficient (Wildman–Crippen LogP) is 1.93. The normalized spacial score (nSPS) is 17.0. The summed E-state index contributed by atoms with van der Waals surface area (Å²) in [6.07, 6.45) is 2.18. The number of carbonyl (C=O) groups excluding carboxylic acids is 1. The van der Waals surface area contributed by atoms with Crippen molar-refractivity contribution in [1.29, 1.82) is 0 Å². The minimum Gasteiger partial charge on any atom is -0.494 e. The number of rotatable bonds is 4. The fraction of sp³-hybridized carbons (Fsp3) is 0.412. The molecule has 8 heteroatoms. The van der Waals surface area contributed by atoms with Crippen LogP contribution in [0.15, 0.2) is 24.4 Å². The van der Waals surface area contributed by atoms with E-state index in [1.807, 2.05) is 12.1 Å². The SMILES string of the molecule is COc1cc(N2CCOCC2)ccc1Nc1cn2c(n1)NCCC2=O. The minimum absolute atomic E-state index is 0.0453. The number of nitrogens with zero attached hydrogens (tertiary/aromatic N) is 3. The number of fused-ring (bicyclic) bond motifs is 1. The Morgan fingerprint density at radius 3 is 2.92 bits per heavy atom. The second-order valence-corrected chi connectivity index (χ2v) is 6.00. The molecule has 1 aromatic carbocycles. The summed E-state index contributed by atoms with van der Waals surface area (Å²) < 4.78 is 12.5. The van der Waals surface area contributed by atoms with Crippen molar-refractivity contribution in [2.24, 2.45) is 0 Å². The molecule has 132 valence electrons. The quantitative estimate of drug-likeness (QED) is 0.878. The first-order chi connectivity index (χ1) is 12.2. The summed E-state index contributed by atoms with van der Waals surface area (Å²) in [6.45, 7) is 3.84. The summed E-state index contributed by atoms with van der Waals surface area (Å²) in [5.74, 6) is 1.95. The highest BCUT2D eigenvalue weighted by molar-refractivity contribution is 5.85. The number of benzene rings is 1. The van der Waals surface area contributed by atoms with Crippen LogP contribution >= 0.6 is 0 Å². The number of methoxy groups -OCH3 is 1. The third-order valence-electron chi connectivity index (χ3n) is 4.42. The average molecular weight is 343 g/mol. The lowest BCUT2D eigenvalue weighted by atomic mass is 10.2. The van der Waals surface area contributed by atoms with Gasteiger partial charge in [-0.2, -0.15) is 4.98 Å². The molecule has 0 bridgehead atoms. The summed E-state index contributed by atoms with van der Waals surface area (Å²) in [5, 5.41) is 6.36. The van der Waals surface area contributed by atoms with Gasteiger partial charge in [0.1, 0.15) is 5.75 Å². The highest BCUT2D eigenvalue weighted by Crippen LogP contribution is 2.32. The molecule has 8 nitrogen and oxygen atoms in total. The summed E-state index contributed by atoms with van der Waals surface area (Å²) in [5.41, 5.74) is 1.91. The van der Waals surface area contributed by atoms with Gasteiger partial charge in [-0.15, -0.1) is 0 Å². The zero-order valence-corrected chi connectivity index (χ0v) is 14.1. The molecule has 0 atom stereocenters. The van der Waals surface area contributed by atoms with Crippen molar-refractivity contribution in [3.63, 3.8) is 0 Å². The lowest BCUT2D eigenvalue weighted by Crippen LogP contribution is -2.36. The van der Waals surface area contributed by atoms with Gasteiger partial charge in [-0.05, 0) is 12.1 Å². The molecule has 0 amide bonds. The van der Waals surface area contributed by atoms with E-state index in [-0.39, 0.29) is 5.91 Å². The van der Waals surface area contributed by atoms with E-state index in [1.165, 1.54) is 0 Å². The Morgan fingerprint density at radius 1 is 1.32 bits per heavy atom. The number of aromatic nitrogens is 2. The molecule has 2 aliphatic heterocycles. The Kier molecular flexibility index (Phi) is 4.19. The van der Waals surface area contributed by atoms with Crippen LogP contribution in [0.25, 0.3) is 0 Å². The first kappa shape index (κ1) is 15.8. The number of hydrogen-bond donors (Lipinski definition) is 2. The van der Waals surface area contributed by atoms with Gasteiger partial charge in [0.05, 0.1) is 32.2 Å². The lowest BCUT2D eigenvalue weighted by Gasteiger charge is -2.29. The highest BCUT2D eigenvalue weighted by Gasteiger charge is 2.19. The number of anilines is 4. The standard InChI is InChI=1S/C17H21N5O3/c1-24-14-10-12(21-6-8-25-9-7-21)2-3-13(14)19-15-11-22-16(23)4-5-18-17(22)20-15/h2-3,10-11,19H,4-9H2,1H3,(H,18,20). The number of imidazole rings is 1. The Labute approximate surface area is 145 Å². The van der Waals surface area contributed by atoms with E-state index >= 15 is 0 Å². The van der Waals surface area contributed by atoms with Crippen molar-refractivity contribution in [3.8, 4) is 5.75 Å². The van der Waals surface area contributed by atoms with Gasteiger partial charge in [0, 0.05) is 37.8 Å². The van der Waals surface area contributed by atoms with E-state index in [9.17, 15) is 4.79 Å². The minimum atomic E-state index is 0.0453. The monoisotopic (exact) mass is 343 g/mol. The molecule has 1 saturated heterocycles. The first-order valence-corrected chi connectivity index (χ1v) is 8.39. The predicted molar refractivity (Wildman–Crippen MR) is 95.3 cm³/mol. The molecule has 2 N–H and O–H groups in total. The lowest BCUT2D eigenvalue weighted by molar-refractivity contribution is 0.0902. The van der Waals surface area contributed by atoms with Gasteiger partial charge >= 0.3 is 0 Å². The maximum absolute atomic E-state index is 11.9. The van der Waals surface area contributed by atoms with Crippen molar-refractivity contribution in [2.45, 2.75) is 6.42 Å². The molecular weight excluding hydrogens is 322 g/mol. The van der Waals surface area contributed by atoms with Gasteiger partial charge in [0.25, 0.3) is 0 Å². The third-order valence-corrected chi connectivity index (χ3v) is 4.42. The van der Waals surface area contributed by atoms with Gasteiger partial charge in [-0.3, -0.25) is 9.36 Å². The van der Waals surface area contributed by atoms with Crippen LogP contribution in [-0.2, 0) is 4.74 Å². The molecule has 0 aliphatic carbocycles. The van der Waals surface area contributed by atoms with Gasteiger partial charge in [0.15, 0.2) is 5.82 Å². The Bertz CT molecular complexity index is 783. The second kappa shape index (κ2) is 6.64. The van der Waals surface area contributed by atoms with E-state index in [1.54, 1.807) is 17.9 Å². The Morgan fingerprint density at radius 2 is 2.16 bits per heavy atom. The summed E-state index contributed by atoms with van der Waals surface area (Å²) in [7, 11) is 1.65. The fourth-order valence-corrected chi connectivity index (χ4v) is 3.10. The van der Waals surface area contributed by atoms with Gasteiger partial charge in [-0.1, -0.05) is 0 Å². The van der Waals surface area contributed by atoms with Crippen molar-refractivity contribution < 1.29 is 14.3 Å². The van der Waals surface area contributed by atoms with Crippen LogP contribution in [0.3, 0.4) is 0 Å². The van der Waals surface area contributed by atoms with Crippen LogP contribution in [0.1, 0.15) is 11.2 Å². The van der Waals surface area contributed by atoms with Crippen molar-refractivity contribution >= 4 is 29.0 Å². The van der Waals surface area contributed by atoms with Gasteiger partial charge < -0.3 is 25.0 Å². The number of carbonyl (C=O) groups is 1. The maximum atomic E-state index is 11.9. The largest absolute Gasteiger partial charge is 0.494 e. The van der Waals surface area contributed by atoms with Crippen LogP contribution in [0, 0.1) is 0 Å². The van der Waals surface area contributed by atoms with E-state index < -0.39 is 0 Å². The fourth-order valence-electron chi connectivity index (χ4n) is 3.10. The van der Waals surface area contributed by atoms with E-state index in [0.717, 1.165) is 43.4 Å². The van der Waals surface area contributed by atoms with Crippen LogP contribution in [0.4, 0.5) is 23.1 Å². The molecule has 0 unspecified atom stereocenters. The van der Waals surface area contributed by atoms with Crippen molar-refractivity contribution in [2.75, 3.05) is 55.5 Å². The van der Waals surface area contributed by atoms with Gasteiger partial charge in [-0.25, -0.2) is 0 Å². The number of ether oxygens (including phenoxy) is 2. The molecule has 25 heavy (non-hydrogen) atoms. The van der Waals surface area contributed by atoms with E-state index in [2.05, 4.69) is 26.6 Å². The molecule has 1 aromatic heterocycles. The van der Waals surface area contributed by atoms with Crippen LogP contribution in [0.5, 0.6) is 5.75 Å². The van der Waals surface area contributed by atoms with Crippen LogP contribution in [-0.4, -0.2) is 55.4 Å². The Hall–Kier alpha value is -2.74. The molecule has 0 spiro atoms. The number of morpholine rings is 1. The topological polar surface area (TPSA) is 80.7 Å². The molecule has 2 aromatic rings. The Balaban J connectivity index is 1.57. The van der Waals surface area contributed by atoms with Crippen LogP contribution in [0.2, 0.25) is 0 Å². The van der Waals surface area contributed by atoms with E-state index in [4.69, 9.17) is 9.47 Å². The van der Waals surface area contributed by atoms with Crippen molar-refractivity contribution in [1.82, 2.24) is 9.55 Å². The number of hydrogen-bond acceptors (Lipinski definition) is 7.